The molecule has 0 radical (unpaired) electrons. The van der Waals surface area contributed by atoms with Gasteiger partial charge in [0.05, 0.1) is 34.1 Å². The summed E-state index contributed by atoms with van der Waals surface area (Å²) in [6.07, 6.45) is 2.44. The first-order valence-electron chi connectivity index (χ1n) is 11.4. The van der Waals surface area contributed by atoms with Crippen LogP contribution in [0.2, 0.25) is 0 Å². The van der Waals surface area contributed by atoms with Crippen molar-refractivity contribution in [3.05, 3.63) is 52.0 Å². The summed E-state index contributed by atoms with van der Waals surface area (Å²) in [7, 11) is 6.30. The van der Waals surface area contributed by atoms with Gasteiger partial charge in [0.2, 0.25) is 5.75 Å². The zero-order valence-corrected chi connectivity index (χ0v) is 21.2. The number of urea groups is 1. The topological polar surface area (TPSA) is 95.0 Å². The van der Waals surface area contributed by atoms with Crippen LogP contribution in [0, 0.1) is 0 Å². The predicted molar refractivity (Wildman–Crippen MR) is 134 cm³/mol. The lowest BCUT2D eigenvalue weighted by molar-refractivity contribution is 0.194. The molecule has 35 heavy (non-hydrogen) atoms. The molecule has 1 N–H and O–H groups in total. The summed E-state index contributed by atoms with van der Waals surface area (Å²) in [5.74, 6) is 2.61. The van der Waals surface area contributed by atoms with Crippen LogP contribution >= 0.6 is 11.3 Å². The minimum absolute atomic E-state index is 0.157. The van der Waals surface area contributed by atoms with Crippen molar-refractivity contribution in [2.24, 2.45) is 0 Å². The maximum absolute atomic E-state index is 12.9. The fourth-order valence-electron chi connectivity index (χ4n) is 4.11. The van der Waals surface area contributed by atoms with Gasteiger partial charge in [-0.2, -0.15) is 0 Å². The number of likely N-dealkylation sites (tertiary alicyclic amines) is 1. The molecule has 0 spiro atoms. The maximum atomic E-state index is 12.9. The van der Waals surface area contributed by atoms with Crippen LogP contribution in [0.4, 0.5) is 10.5 Å². The third kappa shape index (κ3) is 5.76. The Kier molecular flexibility index (Phi) is 7.91. The molecule has 4 rings (SSSR count). The van der Waals surface area contributed by atoms with Crippen LogP contribution in [0.1, 0.15) is 34.3 Å². The highest BCUT2D eigenvalue weighted by Gasteiger charge is 2.27. The van der Waals surface area contributed by atoms with Crippen LogP contribution in [0.25, 0.3) is 0 Å². The fraction of sp³-hybridized carbons (Fsp3) is 0.400. The lowest BCUT2D eigenvalue weighted by atomic mass is 9.98. The van der Waals surface area contributed by atoms with E-state index in [1.807, 2.05) is 29.2 Å². The molecule has 0 bridgehead atoms. The van der Waals surface area contributed by atoms with Gasteiger partial charge in [0.25, 0.3) is 0 Å². The van der Waals surface area contributed by atoms with Gasteiger partial charge in [-0.1, -0.05) is 12.1 Å². The number of carbonyl (C=O) groups is 1. The van der Waals surface area contributed by atoms with Crippen molar-refractivity contribution in [2.75, 3.05) is 46.8 Å². The highest BCUT2D eigenvalue weighted by atomic mass is 32.1. The molecule has 2 amide bonds. The molecule has 186 valence electrons. The zero-order valence-electron chi connectivity index (χ0n) is 20.4. The molecule has 10 heteroatoms. The molecule has 2 aromatic carbocycles. The number of hydrogen-bond acceptors (Lipinski definition) is 8. The summed E-state index contributed by atoms with van der Waals surface area (Å²) >= 11 is 1.66. The van der Waals surface area contributed by atoms with E-state index >= 15 is 0 Å². The predicted octanol–water partition coefficient (Wildman–Crippen LogP) is 4.57. The number of ether oxygens (including phenoxy) is 4. The van der Waals surface area contributed by atoms with Crippen LogP contribution in [-0.2, 0) is 6.42 Å². The lowest BCUT2D eigenvalue weighted by Gasteiger charge is -2.31. The average molecular weight is 499 g/mol. The van der Waals surface area contributed by atoms with Crippen LogP contribution < -0.4 is 24.3 Å². The fourth-order valence-corrected chi connectivity index (χ4v) is 5.15. The minimum Gasteiger partial charge on any atom is -0.497 e. The highest BCUT2D eigenvalue weighted by Crippen LogP contribution is 2.40. The Morgan fingerprint density at radius 2 is 1.63 bits per heavy atom. The second-order valence-corrected chi connectivity index (χ2v) is 9.26. The van der Waals surface area contributed by atoms with E-state index in [0.717, 1.165) is 35.0 Å². The monoisotopic (exact) mass is 498 g/mol. The average Bonchev–Trinajstić information content (AvgIpc) is 3.37. The van der Waals surface area contributed by atoms with Gasteiger partial charge in [-0.05, 0) is 30.5 Å². The quantitative estimate of drug-likeness (QED) is 0.486. The van der Waals surface area contributed by atoms with Crippen LogP contribution in [-0.4, -0.2) is 62.7 Å². The number of nitrogens with one attached hydrogen (secondary N) is 1. The van der Waals surface area contributed by atoms with E-state index in [0.29, 0.717) is 41.9 Å². The van der Waals surface area contributed by atoms with E-state index in [1.54, 1.807) is 51.9 Å². The smallest absolute Gasteiger partial charge is 0.321 e. The van der Waals surface area contributed by atoms with Crippen molar-refractivity contribution in [3.8, 4) is 23.0 Å². The number of methoxy groups -OCH3 is 4. The molecule has 2 heterocycles. The first kappa shape index (κ1) is 24.6. The van der Waals surface area contributed by atoms with Gasteiger partial charge in [0.1, 0.15) is 15.8 Å². The van der Waals surface area contributed by atoms with E-state index in [4.69, 9.17) is 18.9 Å². The second kappa shape index (κ2) is 11.3. The van der Waals surface area contributed by atoms with Gasteiger partial charge >= 0.3 is 6.03 Å². The number of carbonyl (C=O) groups excluding carboxylic acids is 1. The molecule has 0 unspecified atom stereocenters. The number of benzene rings is 2. The standard InChI is InChI=1S/C25H30N4O5S/c1-31-19-7-5-16(6-8-19)13-22-27-28-24(35-22)17-9-11-29(12-10-17)25(30)26-18-14-20(32-2)23(34-4)21(15-18)33-3/h5-8,14-15,17H,9-13H2,1-4H3,(H,26,30). The first-order valence-corrected chi connectivity index (χ1v) is 12.2. The molecule has 9 nitrogen and oxygen atoms in total. The SMILES string of the molecule is COc1ccc(Cc2nnc(C3CCN(C(=O)Nc4cc(OC)c(OC)c(OC)c4)CC3)s2)cc1. The first-order chi connectivity index (χ1) is 17.0. The van der Waals surface area contributed by atoms with Crippen molar-refractivity contribution in [1.82, 2.24) is 15.1 Å². The summed E-state index contributed by atoms with van der Waals surface area (Å²) in [4.78, 5) is 14.7. The molecule has 0 saturated carbocycles. The molecule has 1 aliphatic heterocycles. The Bertz CT molecular complexity index is 1120. The molecular weight excluding hydrogens is 468 g/mol. The Hall–Kier alpha value is -3.53. The highest BCUT2D eigenvalue weighted by molar-refractivity contribution is 7.11. The van der Waals surface area contributed by atoms with Gasteiger partial charge in [-0.3, -0.25) is 0 Å². The number of amides is 2. The van der Waals surface area contributed by atoms with Gasteiger partial charge < -0.3 is 29.2 Å². The van der Waals surface area contributed by atoms with Crippen LogP contribution in [0.15, 0.2) is 36.4 Å². The summed E-state index contributed by atoms with van der Waals surface area (Å²) < 4.78 is 21.3. The van der Waals surface area contributed by atoms with Crippen molar-refractivity contribution in [3.63, 3.8) is 0 Å². The molecule has 3 aromatic rings. The Morgan fingerprint density at radius 1 is 0.971 bits per heavy atom. The van der Waals surface area contributed by atoms with Gasteiger partial charge in [0, 0.05) is 37.6 Å². The lowest BCUT2D eigenvalue weighted by Crippen LogP contribution is -2.40. The van der Waals surface area contributed by atoms with Crippen molar-refractivity contribution in [2.45, 2.75) is 25.2 Å². The molecule has 0 aliphatic carbocycles. The number of aromatic nitrogens is 2. The molecule has 1 aliphatic rings. The molecular formula is C25H30N4O5S. The number of anilines is 1. The number of rotatable bonds is 8. The van der Waals surface area contributed by atoms with E-state index in [9.17, 15) is 4.79 Å². The number of nitrogens with zero attached hydrogens (tertiary/aromatic N) is 3. The van der Waals surface area contributed by atoms with Gasteiger partial charge in [-0.15, -0.1) is 21.5 Å². The maximum Gasteiger partial charge on any atom is 0.321 e. The summed E-state index contributed by atoms with van der Waals surface area (Å²) in [5, 5.41) is 13.8. The zero-order chi connectivity index (χ0) is 24.8. The largest absolute Gasteiger partial charge is 0.497 e. The molecule has 1 saturated heterocycles. The second-order valence-electron chi connectivity index (χ2n) is 8.16. The molecule has 1 fully saturated rings. The third-order valence-electron chi connectivity index (χ3n) is 6.04. The van der Waals surface area contributed by atoms with E-state index < -0.39 is 0 Å². The Labute approximate surface area is 209 Å². The van der Waals surface area contributed by atoms with Crippen molar-refractivity contribution in [1.29, 1.82) is 0 Å². The third-order valence-corrected chi connectivity index (χ3v) is 7.13. The van der Waals surface area contributed by atoms with Crippen molar-refractivity contribution < 1.29 is 23.7 Å². The van der Waals surface area contributed by atoms with Gasteiger partial charge in [0.15, 0.2) is 11.5 Å². The van der Waals surface area contributed by atoms with Crippen LogP contribution in [0.3, 0.4) is 0 Å². The number of hydrogen-bond donors (Lipinski definition) is 1. The summed E-state index contributed by atoms with van der Waals surface area (Å²) in [6, 6.07) is 11.3. The van der Waals surface area contributed by atoms with E-state index in [-0.39, 0.29) is 6.03 Å². The van der Waals surface area contributed by atoms with Gasteiger partial charge in [-0.25, -0.2) is 4.79 Å². The minimum atomic E-state index is -0.157. The summed E-state index contributed by atoms with van der Waals surface area (Å²) in [6.45, 7) is 1.29. The normalized spacial score (nSPS) is 13.9. The Morgan fingerprint density at radius 3 is 2.20 bits per heavy atom. The summed E-state index contributed by atoms with van der Waals surface area (Å²) in [5.41, 5.74) is 1.76. The Balaban J connectivity index is 1.33. The van der Waals surface area contributed by atoms with Crippen molar-refractivity contribution >= 4 is 23.1 Å². The van der Waals surface area contributed by atoms with E-state index in [1.165, 1.54) is 5.56 Å². The molecule has 0 atom stereocenters. The molecule has 1 aromatic heterocycles. The van der Waals surface area contributed by atoms with E-state index in [2.05, 4.69) is 15.5 Å². The van der Waals surface area contributed by atoms with Crippen LogP contribution in [0.5, 0.6) is 23.0 Å². The number of piperidine rings is 1.